The van der Waals surface area contributed by atoms with Crippen molar-refractivity contribution in [3.8, 4) is 11.5 Å². The first-order chi connectivity index (χ1) is 17.9. The lowest BCUT2D eigenvalue weighted by Crippen LogP contribution is -2.27. The van der Waals surface area contributed by atoms with E-state index in [2.05, 4.69) is 46.9 Å². The number of anilines is 1. The third kappa shape index (κ3) is 5.65. The summed E-state index contributed by atoms with van der Waals surface area (Å²) in [5.74, 6) is 1.15. The molecule has 1 fully saturated rings. The number of ether oxygens (including phenoxy) is 2. The van der Waals surface area contributed by atoms with Gasteiger partial charge in [-0.25, -0.2) is 0 Å². The number of carbonyl (C=O) groups excluding carboxylic acids is 1. The zero-order valence-corrected chi connectivity index (χ0v) is 24.3. The molecule has 8 heteroatoms. The summed E-state index contributed by atoms with van der Waals surface area (Å²) in [6.07, 6.45) is 1.84. The molecule has 1 heterocycles. The van der Waals surface area contributed by atoms with Crippen molar-refractivity contribution >= 4 is 90.9 Å². The van der Waals surface area contributed by atoms with Crippen molar-refractivity contribution in [2.24, 2.45) is 0 Å². The maximum absolute atomic E-state index is 13.2. The highest BCUT2D eigenvalue weighted by molar-refractivity contribution is 14.1. The van der Waals surface area contributed by atoms with Gasteiger partial charge in [-0.2, -0.15) is 0 Å². The maximum Gasteiger partial charge on any atom is 0.270 e. The molecule has 4 aromatic carbocycles. The first-order valence-corrected chi connectivity index (χ1v) is 14.2. The highest BCUT2D eigenvalue weighted by Gasteiger charge is 2.33. The summed E-state index contributed by atoms with van der Waals surface area (Å²) < 4.78 is 13.6. The Labute approximate surface area is 243 Å². The third-order valence-corrected chi connectivity index (χ3v) is 8.12. The van der Waals surface area contributed by atoms with Crippen LogP contribution in [0.4, 0.5) is 5.69 Å². The molecule has 0 N–H and O–H groups in total. The van der Waals surface area contributed by atoms with Gasteiger partial charge >= 0.3 is 0 Å². The number of rotatable bonds is 7. The van der Waals surface area contributed by atoms with Gasteiger partial charge in [-0.15, -0.1) is 0 Å². The Morgan fingerprint density at radius 1 is 1.03 bits per heavy atom. The summed E-state index contributed by atoms with van der Waals surface area (Å²) in [5, 5.41) is 2.94. The molecule has 1 aliphatic rings. The summed E-state index contributed by atoms with van der Waals surface area (Å²) in [6.45, 7) is 2.84. The van der Waals surface area contributed by atoms with Gasteiger partial charge in [-0.3, -0.25) is 9.69 Å². The van der Waals surface area contributed by atoms with Crippen LogP contribution >= 0.6 is 58.2 Å². The van der Waals surface area contributed by atoms with Crippen molar-refractivity contribution in [2.45, 2.75) is 13.5 Å². The van der Waals surface area contributed by atoms with Gasteiger partial charge in [0.05, 0.1) is 20.8 Å². The fourth-order valence-electron chi connectivity index (χ4n) is 4.07. The molecule has 4 nitrogen and oxygen atoms in total. The molecule has 0 aliphatic carbocycles. The average molecular weight is 658 g/mol. The van der Waals surface area contributed by atoms with Gasteiger partial charge in [0.1, 0.15) is 6.61 Å². The highest BCUT2D eigenvalue weighted by atomic mass is 127. The van der Waals surface area contributed by atoms with Crippen LogP contribution in [0, 0.1) is 3.57 Å². The van der Waals surface area contributed by atoms with Crippen molar-refractivity contribution < 1.29 is 14.3 Å². The summed E-state index contributed by atoms with van der Waals surface area (Å²) in [6, 6.07) is 25.4. The molecule has 1 saturated heterocycles. The Kier molecular flexibility index (Phi) is 8.04. The van der Waals surface area contributed by atoms with Gasteiger partial charge in [0.25, 0.3) is 5.91 Å². The fraction of sp³-hybridized carbons (Fsp3) is 0.103. The molecule has 186 valence electrons. The minimum absolute atomic E-state index is 0.165. The van der Waals surface area contributed by atoms with Crippen LogP contribution in [0.25, 0.3) is 16.8 Å². The van der Waals surface area contributed by atoms with Crippen LogP contribution in [0.3, 0.4) is 0 Å². The molecular formula is C29H21ClINO3S2. The summed E-state index contributed by atoms with van der Waals surface area (Å²) in [4.78, 5) is 15.3. The van der Waals surface area contributed by atoms with Crippen molar-refractivity contribution in [2.75, 3.05) is 11.5 Å². The Balaban J connectivity index is 1.42. The SMILES string of the molecule is CCOc1cc(/C=C2\SC(=S)N(c3ccc(Cl)cc3)C2=O)cc(I)c1OCc1cccc2ccccc12. The lowest BCUT2D eigenvalue weighted by atomic mass is 10.1. The van der Waals surface area contributed by atoms with Crippen LogP contribution in [0.1, 0.15) is 18.1 Å². The Hall–Kier alpha value is -2.59. The number of nitrogens with zero attached hydrogens (tertiary/aromatic N) is 1. The van der Waals surface area contributed by atoms with Gasteiger partial charge in [0.2, 0.25) is 0 Å². The van der Waals surface area contributed by atoms with E-state index in [1.165, 1.54) is 22.0 Å². The number of hydrogen-bond acceptors (Lipinski definition) is 5. The minimum atomic E-state index is -0.165. The van der Waals surface area contributed by atoms with Crippen LogP contribution in [0.5, 0.6) is 11.5 Å². The quantitative estimate of drug-likeness (QED) is 0.113. The number of carbonyl (C=O) groups is 1. The lowest BCUT2D eigenvalue weighted by molar-refractivity contribution is -0.113. The van der Waals surface area contributed by atoms with Crippen LogP contribution in [-0.2, 0) is 11.4 Å². The first-order valence-electron chi connectivity index (χ1n) is 11.5. The Morgan fingerprint density at radius 3 is 2.57 bits per heavy atom. The van der Waals surface area contributed by atoms with Gasteiger partial charge in [-0.05, 0) is 93.9 Å². The van der Waals surface area contributed by atoms with E-state index >= 15 is 0 Å². The van der Waals surface area contributed by atoms with Gasteiger partial charge < -0.3 is 9.47 Å². The molecule has 37 heavy (non-hydrogen) atoms. The van der Waals surface area contributed by atoms with Gasteiger partial charge in [0, 0.05) is 5.02 Å². The smallest absolute Gasteiger partial charge is 0.270 e. The summed E-state index contributed by atoms with van der Waals surface area (Å²) in [7, 11) is 0. The molecule has 5 rings (SSSR count). The lowest BCUT2D eigenvalue weighted by Gasteiger charge is -2.16. The number of fused-ring (bicyclic) bond motifs is 1. The van der Waals surface area contributed by atoms with Crippen LogP contribution in [-0.4, -0.2) is 16.8 Å². The van der Waals surface area contributed by atoms with E-state index in [0.29, 0.717) is 44.6 Å². The molecule has 1 amide bonds. The number of amides is 1. The van der Waals surface area contributed by atoms with Crippen molar-refractivity contribution in [3.05, 3.63) is 103 Å². The molecule has 0 radical (unpaired) electrons. The van der Waals surface area contributed by atoms with Crippen LogP contribution in [0.15, 0.2) is 83.8 Å². The zero-order chi connectivity index (χ0) is 25.9. The number of halogens is 2. The zero-order valence-electron chi connectivity index (χ0n) is 19.7. The maximum atomic E-state index is 13.2. The second-order valence-electron chi connectivity index (χ2n) is 8.18. The minimum Gasteiger partial charge on any atom is -0.490 e. The Morgan fingerprint density at radius 2 is 1.78 bits per heavy atom. The molecule has 4 aromatic rings. The third-order valence-electron chi connectivity index (χ3n) is 5.76. The standard InChI is InChI=1S/C29H21ClINO3S2/c1-2-34-25-15-18(16-26-28(33)32(29(36)37-26)22-12-10-21(30)11-13-22)14-24(31)27(25)35-17-20-8-5-7-19-6-3-4-9-23(19)20/h3-16H,2,17H2,1H3/b26-16-. The highest BCUT2D eigenvalue weighted by Crippen LogP contribution is 2.39. The molecular weight excluding hydrogens is 637 g/mol. The predicted octanol–water partition coefficient (Wildman–Crippen LogP) is 8.48. The van der Waals surface area contributed by atoms with E-state index < -0.39 is 0 Å². The number of thiocarbonyl (C=S) groups is 1. The fourth-order valence-corrected chi connectivity index (χ4v) is 6.28. The second kappa shape index (κ2) is 11.4. The van der Waals surface area contributed by atoms with Crippen LogP contribution in [0.2, 0.25) is 5.02 Å². The molecule has 0 spiro atoms. The van der Waals surface area contributed by atoms with E-state index in [1.54, 1.807) is 24.3 Å². The number of hydrogen-bond donors (Lipinski definition) is 0. The second-order valence-corrected chi connectivity index (χ2v) is 11.5. The molecule has 0 aromatic heterocycles. The molecule has 0 atom stereocenters. The monoisotopic (exact) mass is 657 g/mol. The normalized spacial score (nSPS) is 14.6. The molecule has 0 bridgehead atoms. The van der Waals surface area contributed by atoms with Crippen LogP contribution < -0.4 is 14.4 Å². The average Bonchev–Trinajstić information content (AvgIpc) is 3.16. The van der Waals surface area contributed by atoms with E-state index in [1.807, 2.05) is 43.3 Å². The van der Waals surface area contributed by atoms with E-state index in [9.17, 15) is 4.79 Å². The number of benzene rings is 4. The Bertz CT molecular complexity index is 1530. The van der Waals surface area contributed by atoms with E-state index in [0.717, 1.165) is 20.1 Å². The van der Waals surface area contributed by atoms with Crippen molar-refractivity contribution in [1.82, 2.24) is 0 Å². The largest absolute Gasteiger partial charge is 0.490 e. The van der Waals surface area contributed by atoms with E-state index in [-0.39, 0.29) is 5.91 Å². The first kappa shape index (κ1) is 26.0. The summed E-state index contributed by atoms with van der Waals surface area (Å²) in [5.41, 5.74) is 2.63. The predicted molar refractivity (Wildman–Crippen MR) is 166 cm³/mol. The molecule has 0 saturated carbocycles. The summed E-state index contributed by atoms with van der Waals surface area (Å²) >= 11 is 15.0. The number of thioether (sulfide) groups is 1. The topological polar surface area (TPSA) is 38.8 Å². The van der Waals surface area contributed by atoms with E-state index in [4.69, 9.17) is 33.3 Å². The molecule has 0 unspecified atom stereocenters. The van der Waals surface area contributed by atoms with Gasteiger partial charge in [0.15, 0.2) is 15.8 Å². The van der Waals surface area contributed by atoms with Crippen molar-refractivity contribution in [3.63, 3.8) is 0 Å². The van der Waals surface area contributed by atoms with Gasteiger partial charge in [-0.1, -0.05) is 78.0 Å². The van der Waals surface area contributed by atoms with Crippen molar-refractivity contribution in [1.29, 1.82) is 0 Å². The molecule has 1 aliphatic heterocycles.